The van der Waals surface area contributed by atoms with Crippen molar-refractivity contribution in [1.82, 2.24) is 19.9 Å². The van der Waals surface area contributed by atoms with Gasteiger partial charge in [-0.1, -0.05) is 11.3 Å². The van der Waals surface area contributed by atoms with Gasteiger partial charge in [-0.2, -0.15) is 0 Å². The molecular formula is C16H19FN4O3. The molecule has 1 fully saturated rings. The number of methoxy groups -OCH3 is 1. The summed E-state index contributed by atoms with van der Waals surface area (Å²) < 4.78 is 20.8. The molecule has 1 N–H and O–H groups in total. The van der Waals surface area contributed by atoms with Crippen LogP contribution in [0.15, 0.2) is 30.6 Å². The molecular weight excluding hydrogens is 315 g/mol. The minimum absolute atomic E-state index is 0.100. The number of halogens is 1. The topological polar surface area (TPSA) is 80.5 Å². The number of amides is 1. The Balaban J connectivity index is 1.81. The molecule has 0 aliphatic carbocycles. The number of ether oxygens (including phenoxy) is 1. The summed E-state index contributed by atoms with van der Waals surface area (Å²) in [6.45, 7) is 0.782. The van der Waals surface area contributed by atoms with Crippen molar-refractivity contribution in [3.8, 4) is 5.75 Å². The lowest BCUT2D eigenvalue weighted by Gasteiger charge is -2.39. The van der Waals surface area contributed by atoms with E-state index in [1.165, 1.54) is 35.0 Å². The lowest BCUT2D eigenvalue weighted by molar-refractivity contribution is -0.0389. The van der Waals surface area contributed by atoms with Gasteiger partial charge in [0, 0.05) is 12.7 Å². The second-order valence-corrected chi connectivity index (χ2v) is 5.97. The Morgan fingerprint density at radius 2 is 2.33 bits per heavy atom. The van der Waals surface area contributed by atoms with E-state index in [4.69, 9.17) is 4.74 Å². The molecule has 1 amide bonds. The Kier molecular flexibility index (Phi) is 4.48. The molecule has 1 aromatic carbocycles. The Morgan fingerprint density at radius 3 is 3.04 bits per heavy atom. The number of benzene rings is 1. The SMILES string of the molecule is COc1cccc(F)c1C(=O)N1CCCC(O)(Cn2ccnn2)C1. The van der Waals surface area contributed by atoms with E-state index in [9.17, 15) is 14.3 Å². The van der Waals surface area contributed by atoms with Gasteiger partial charge in [-0.3, -0.25) is 4.79 Å². The van der Waals surface area contributed by atoms with Gasteiger partial charge < -0.3 is 14.7 Å². The lowest BCUT2D eigenvalue weighted by atomic mass is 9.92. The third kappa shape index (κ3) is 3.23. The third-order valence-electron chi connectivity index (χ3n) is 4.18. The van der Waals surface area contributed by atoms with Crippen LogP contribution in [0.2, 0.25) is 0 Å². The van der Waals surface area contributed by atoms with E-state index in [-0.39, 0.29) is 24.4 Å². The van der Waals surface area contributed by atoms with Crippen molar-refractivity contribution in [3.63, 3.8) is 0 Å². The second-order valence-electron chi connectivity index (χ2n) is 5.97. The predicted octanol–water partition coefficient (Wildman–Crippen LogP) is 1.09. The molecule has 2 aromatic rings. The average Bonchev–Trinajstić information content (AvgIpc) is 3.06. The highest BCUT2D eigenvalue weighted by molar-refractivity contribution is 5.97. The highest BCUT2D eigenvalue weighted by Gasteiger charge is 2.37. The maximum Gasteiger partial charge on any atom is 0.260 e. The number of hydrogen-bond acceptors (Lipinski definition) is 5. The van der Waals surface area contributed by atoms with Crippen LogP contribution in [0.5, 0.6) is 5.75 Å². The van der Waals surface area contributed by atoms with Crippen molar-refractivity contribution >= 4 is 5.91 Å². The molecule has 7 nitrogen and oxygen atoms in total. The van der Waals surface area contributed by atoms with E-state index >= 15 is 0 Å². The Morgan fingerprint density at radius 1 is 1.50 bits per heavy atom. The van der Waals surface area contributed by atoms with Crippen LogP contribution in [-0.2, 0) is 6.54 Å². The Bertz CT molecular complexity index is 722. The standard InChI is InChI=1S/C16H19FN4O3/c1-24-13-5-2-4-12(17)14(13)15(22)20-8-3-6-16(23,10-20)11-21-9-7-18-19-21/h2,4-5,7,9,23H,3,6,8,10-11H2,1H3. The first-order chi connectivity index (χ1) is 11.5. The molecule has 24 heavy (non-hydrogen) atoms. The quantitative estimate of drug-likeness (QED) is 0.905. The molecule has 8 heteroatoms. The fraction of sp³-hybridized carbons (Fsp3) is 0.438. The van der Waals surface area contributed by atoms with Crippen LogP contribution in [0.4, 0.5) is 4.39 Å². The van der Waals surface area contributed by atoms with Crippen LogP contribution in [0.3, 0.4) is 0 Å². The number of hydrogen-bond donors (Lipinski definition) is 1. The highest BCUT2D eigenvalue weighted by atomic mass is 19.1. The monoisotopic (exact) mass is 334 g/mol. The molecule has 0 bridgehead atoms. The number of aliphatic hydroxyl groups is 1. The third-order valence-corrected chi connectivity index (χ3v) is 4.18. The van der Waals surface area contributed by atoms with Crippen molar-refractivity contribution in [2.45, 2.75) is 25.0 Å². The van der Waals surface area contributed by atoms with E-state index in [1.54, 1.807) is 12.3 Å². The summed E-state index contributed by atoms with van der Waals surface area (Å²) in [5.41, 5.74) is -1.23. The first kappa shape index (κ1) is 16.4. The summed E-state index contributed by atoms with van der Waals surface area (Å²) in [6.07, 6.45) is 4.33. The van der Waals surface area contributed by atoms with Crippen molar-refractivity contribution in [1.29, 1.82) is 0 Å². The van der Waals surface area contributed by atoms with E-state index in [0.717, 1.165) is 0 Å². The number of carbonyl (C=O) groups excluding carboxylic acids is 1. The van der Waals surface area contributed by atoms with Crippen molar-refractivity contribution < 1.29 is 19.0 Å². The second kappa shape index (κ2) is 6.56. The van der Waals surface area contributed by atoms with Crippen LogP contribution in [0, 0.1) is 5.82 Å². The van der Waals surface area contributed by atoms with Crippen molar-refractivity contribution in [3.05, 3.63) is 42.0 Å². The number of carbonyl (C=O) groups is 1. The van der Waals surface area contributed by atoms with Crippen LogP contribution >= 0.6 is 0 Å². The smallest absolute Gasteiger partial charge is 0.260 e. The Labute approximate surface area is 138 Å². The molecule has 0 saturated carbocycles. The molecule has 1 aromatic heterocycles. The van der Waals surface area contributed by atoms with Crippen LogP contribution < -0.4 is 4.74 Å². The molecule has 1 aliphatic heterocycles. The molecule has 1 aliphatic rings. The van der Waals surface area contributed by atoms with Gasteiger partial charge in [-0.05, 0) is 25.0 Å². The van der Waals surface area contributed by atoms with Crippen molar-refractivity contribution in [2.24, 2.45) is 0 Å². The molecule has 0 radical (unpaired) electrons. The Hall–Kier alpha value is -2.48. The summed E-state index contributed by atoms with van der Waals surface area (Å²) in [5.74, 6) is -0.934. The first-order valence-corrected chi connectivity index (χ1v) is 7.71. The fourth-order valence-corrected chi connectivity index (χ4v) is 3.07. The largest absolute Gasteiger partial charge is 0.496 e. The number of piperidine rings is 1. The number of aromatic nitrogens is 3. The van der Waals surface area contributed by atoms with Gasteiger partial charge in [0.25, 0.3) is 5.91 Å². The maximum absolute atomic E-state index is 14.1. The zero-order valence-electron chi connectivity index (χ0n) is 13.4. The molecule has 1 unspecified atom stereocenters. The van der Waals surface area contributed by atoms with Gasteiger partial charge in [-0.15, -0.1) is 5.10 Å². The molecule has 2 heterocycles. The van der Waals surface area contributed by atoms with E-state index in [2.05, 4.69) is 10.3 Å². The van der Waals surface area contributed by atoms with Crippen molar-refractivity contribution in [2.75, 3.05) is 20.2 Å². The van der Waals surface area contributed by atoms with Gasteiger partial charge >= 0.3 is 0 Å². The van der Waals surface area contributed by atoms with Crippen LogP contribution in [0.25, 0.3) is 0 Å². The molecule has 1 saturated heterocycles. The summed E-state index contributed by atoms with van der Waals surface area (Å²) in [4.78, 5) is 14.2. The van der Waals surface area contributed by atoms with Crippen LogP contribution in [0.1, 0.15) is 23.2 Å². The minimum atomic E-state index is -1.12. The summed E-state index contributed by atoms with van der Waals surface area (Å²) in [6, 6.07) is 4.26. The summed E-state index contributed by atoms with van der Waals surface area (Å²) in [7, 11) is 1.39. The zero-order valence-corrected chi connectivity index (χ0v) is 13.4. The molecule has 1 atom stereocenters. The molecule has 3 rings (SSSR count). The summed E-state index contributed by atoms with van der Waals surface area (Å²) >= 11 is 0. The minimum Gasteiger partial charge on any atom is -0.496 e. The first-order valence-electron chi connectivity index (χ1n) is 7.71. The van der Waals surface area contributed by atoms with Gasteiger partial charge in [0.2, 0.25) is 0 Å². The lowest BCUT2D eigenvalue weighted by Crippen LogP contribution is -2.52. The van der Waals surface area contributed by atoms with Crippen LogP contribution in [-0.4, -0.2) is 56.7 Å². The van der Waals surface area contributed by atoms with Gasteiger partial charge in [0.05, 0.1) is 26.4 Å². The predicted molar refractivity (Wildman–Crippen MR) is 83.1 cm³/mol. The number of nitrogens with zero attached hydrogens (tertiary/aromatic N) is 4. The molecule has 0 spiro atoms. The van der Waals surface area contributed by atoms with E-state index in [1.807, 2.05) is 0 Å². The fourth-order valence-electron chi connectivity index (χ4n) is 3.07. The zero-order chi connectivity index (χ0) is 17.2. The highest BCUT2D eigenvalue weighted by Crippen LogP contribution is 2.28. The number of β-amino-alcohol motifs (C(OH)–C–C–N with tert-alkyl or cyclic N) is 1. The number of rotatable bonds is 4. The van der Waals surface area contributed by atoms with E-state index < -0.39 is 17.3 Å². The maximum atomic E-state index is 14.1. The van der Waals surface area contributed by atoms with Gasteiger partial charge in [0.1, 0.15) is 22.7 Å². The molecule has 128 valence electrons. The van der Waals surface area contributed by atoms with Gasteiger partial charge in [-0.25, -0.2) is 9.07 Å². The summed E-state index contributed by atoms with van der Waals surface area (Å²) in [5, 5.41) is 18.4. The average molecular weight is 334 g/mol. The van der Waals surface area contributed by atoms with Gasteiger partial charge in [0.15, 0.2) is 0 Å². The number of likely N-dealkylation sites (tertiary alicyclic amines) is 1. The normalized spacial score (nSPS) is 20.9. The van der Waals surface area contributed by atoms with E-state index in [0.29, 0.717) is 19.4 Å².